The molecule has 0 aliphatic carbocycles. The van der Waals surface area contributed by atoms with E-state index in [0.29, 0.717) is 0 Å². The first-order valence-corrected chi connectivity index (χ1v) is 7.94. The maximum atomic E-state index is 6.02. The number of rotatable bonds is 6. The van der Waals surface area contributed by atoms with Crippen LogP contribution in [-0.4, -0.2) is 16.3 Å². The molecular weight excluding hydrogens is 338 g/mol. The van der Waals surface area contributed by atoms with E-state index in [9.17, 15) is 0 Å². The lowest BCUT2D eigenvalue weighted by Gasteiger charge is -2.19. The van der Waals surface area contributed by atoms with Crippen LogP contribution < -0.4 is 5.32 Å². The summed E-state index contributed by atoms with van der Waals surface area (Å²) < 4.78 is 2.87. The normalized spacial score (nSPS) is 12.6. The smallest absolute Gasteiger partial charge is 0.0643 e. The van der Waals surface area contributed by atoms with Crippen LogP contribution in [-0.2, 0) is 13.5 Å². The van der Waals surface area contributed by atoms with Crippen LogP contribution in [0.1, 0.15) is 30.6 Å². The average molecular weight is 357 g/mol. The molecule has 1 aromatic heterocycles. The number of aryl methyl sites for hydroxylation is 1. The van der Waals surface area contributed by atoms with Gasteiger partial charge < -0.3 is 5.32 Å². The van der Waals surface area contributed by atoms with E-state index in [4.69, 9.17) is 11.6 Å². The summed E-state index contributed by atoms with van der Waals surface area (Å²) in [6.07, 6.45) is 3.94. The predicted molar refractivity (Wildman–Crippen MR) is 87.1 cm³/mol. The van der Waals surface area contributed by atoms with Gasteiger partial charge in [0, 0.05) is 35.2 Å². The summed E-state index contributed by atoms with van der Waals surface area (Å²) in [6.45, 7) is 3.15. The summed E-state index contributed by atoms with van der Waals surface area (Å²) in [4.78, 5) is 0. The molecule has 20 heavy (non-hydrogen) atoms. The number of benzene rings is 1. The highest BCUT2D eigenvalue weighted by Gasteiger charge is 2.16. The van der Waals surface area contributed by atoms with Gasteiger partial charge in [-0.25, -0.2) is 0 Å². The van der Waals surface area contributed by atoms with E-state index in [1.165, 1.54) is 5.56 Å². The maximum Gasteiger partial charge on any atom is 0.0643 e. The third-order valence-corrected chi connectivity index (χ3v) is 4.08. The summed E-state index contributed by atoms with van der Waals surface area (Å²) in [5.41, 5.74) is 2.30. The zero-order valence-corrected chi connectivity index (χ0v) is 14.1. The lowest BCUT2D eigenvalue weighted by Crippen LogP contribution is -2.24. The highest BCUT2D eigenvalue weighted by Crippen LogP contribution is 2.28. The van der Waals surface area contributed by atoms with Crippen LogP contribution in [0.3, 0.4) is 0 Å². The lowest BCUT2D eigenvalue weighted by molar-refractivity contribution is 0.519. The second-order valence-corrected chi connectivity index (χ2v) is 6.15. The molecule has 0 saturated carbocycles. The molecule has 5 heteroatoms. The van der Waals surface area contributed by atoms with Crippen molar-refractivity contribution in [2.75, 3.05) is 6.54 Å². The van der Waals surface area contributed by atoms with E-state index >= 15 is 0 Å². The molecule has 3 nitrogen and oxygen atoms in total. The van der Waals surface area contributed by atoms with E-state index in [0.717, 1.165) is 34.6 Å². The van der Waals surface area contributed by atoms with Crippen LogP contribution in [0.15, 0.2) is 34.9 Å². The minimum atomic E-state index is 0.233. The molecule has 0 fully saturated rings. The van der Waals surface area contributed by atoms with Gasteiger partial charge in [0.25, 0.3) is 0 Å². The summed E-state index contributed by atoms with van der Waals surface area (Å²) in [7, 11) is 1.94. The Hall–Kier alpha value is -0.840. The quantitative estimate of drug-likeness (QED) is 0.844. The van der Waals surface area contributed by atoms with Crippen LogP contribution in [0, 0.1) is 0 Å². The zero-order valence-electron chi connectivity index (χ0n) is 11.7. The van der Waals surface area contributed by atoms with Crippen molar-refractivity contribution in [2.24, 2.45) is 7.05 Å². The Bertz CT molecular complexity index is 568. The van der Waals surface area contributed by atoms with Crippen molar-refractivity contribution in [3.63, 3.8) is 0 Å². The molecular formula is C15H19BrClN3. The zero-order chi connectivity index (χ0) is 14.5. The number of aromatic nitrogens is 2. The predicted octanol–water partition coefficient (Wildman–Crippen LogP) is 4.12. The van der Waals surface area contributed by atoms with Crippen molar-refractivity contribution >= 4 is 27.5 Å². The fourth-order valence-electron chi connectivity index (χ4n) is 2.18. The molecule has 0 radical (unpaired) electrons. The van der Waals surface area contributed by atoms with Gasteiger partial charge in [-0.05, 0) is 36.7 Å². The Morgan fingerprint density at radius 1 is 1.40 bits per heavy atom. The average Bonchev–Trinajstić information content (AvgIpc) is 2.80. The standard InChI is InChI=1S/C15H19BrClN3/c1-3-7-18-15(10-12-6-8-20(2)19-12)13-5-4-11(17)9-14(13)16/h4-6,8-9,15,18H,3,7,10H2,1-2H3. The second kappa shape index (κ2) is 7.25. The first kappa shape index (κ1) is 15.5. The van der Waals surface area contributed by atoms with Crippen molar-refractivity contribution in [3.8, 4) is 0 Å². The summed E-state index contributed by atoms with van der Waals surface area (Å²) in [5, 5.41) is 8.79. The molecule has 0 amide bonds. The van der Waals surface area contributed by atoms with E-state index in [-0.39, 0.29) is 6.04 Å². The van der Waals surface area contributed by atoms with Crippen LogP contribution in [0.2, 0.25) is 5.02 Å². The number of halogens is 2. The molecule has 1 atom stereocenters. The van der Waals surface area contributed by atoms with Gasteiger partial charge >= 0.3 is 0 Å². The third kappa shape index (κ3) is 4.08. The van der Waals surface area contributed by atoms with Gasteiger partial charge in [-0.15, -0.1) is 0 Å². The monoisotopic (exact) mass is 355 g/mol. The van der Waals surface area contributed by atoms with Crippen LogP contribution in [0.4, 0.5) is 0 Å². The van der Waals surface area contributed by atoms with Gasteiger partial charge in [-0.3, -0.25) is 4.68 Å². The van der Waals surface area contributed by atoms with Crippen LogP contribution in [0.25, 0.3) is 0 Å². The molecule has 1 unspecified atom stereocenters. The fourth-order valence-corrected chi connectivity index (χ4v) is 3.13. The number of hydrogen-bond donors (Lipinski definition) is 1. The first-order chi connectivity index (χ1) is 9.60. The molecule has 0 bridgehead atoms. The summed E-state index contributed by atoms with van der Waals surface area (Å²) in [5.74, 6) is 0. The van der Waals surface area contributed by atoms with Gasteiger partial charge in [0.05, 0.1) is 5.69 Å². The highest BCUT2D eigenvalue weighted by molar-refractivity contribution is 9.10. The second-order valence-electron chi connectivity index (χ2n) is 4.86. The van der Waals surface area contributed by atoms with Gasteiger partial charge in [-0.2, -0.15) is 5.10 Å². The minimum Gasteiger partial charge on any atom is -0.310 e. The molecule has 1 aromatic carbocycles. The molecule has 0 saturated heterocycles. The molecule has 0 aliphatic rings. The minimum absolute atomic E-state index is 0.233. The SMILES string of the molecule is CCCNC(Cc1ccn(C)n1)c1ccc(Cl)cc1Br. The topological polar surface area (TPSA) is 29.9 Å². The molecule has 2 rings (SSSR count). The Kier molecular flexibility index (Phi) is 5.64. The van der Waals surface area contributed by atoms with Gasteiger partial charge in [-0.1, -0.05) is 40.5 Å². The third-order valence-electron chi connectivity index (χ3n) is 3.16. The van der Waals surface area contributed by atoms with Crippen LogP contribution >= 0.6 is 27.5 Å². The van der Waals surface area contributed by atoms with Gasteiger partial charge in [0.1, 0.15) is 0 Å². The van der Waals surface area contributed by atoms with Crippen molar-refractivity contribution < 1.29 is 0 Å². The fraction of sp³-hybridized carbons (Fsp3) is 0.400. The molecule has 108 valence electrons. The van der Waals surface area contributed by atoms with E-state index in [1.807, 2.05) is 30.1 Å². The highest BCUT2D eigenvalue weighted by atomic mass is 79.9. The van der Waals surface area contributed by atoms with E-state index in [2.05, 4.69) is 45.4 Å². The Labute approximate surface area is 133 Å². The van der Waals surface area contributed by atoms with E-state index in [1.54, 1.807) is 0 Å². The van der Waals surface area contributed by atoms with Crippen molar-refractivity contribution in [1.29, 1.82) is 0 Å². The van der Waals surface area contributed by atoms with Crippen molar-refractivity contribution in [3.05, 3.63) is 51.2 Å². The molecule has 1 heterocycles. The Morgan fingerprint density at radius 3 is 2.80 bits per heavy atom. The molecule has 1 N–H and O–H groups in total. The van der Waals surface area contributed by atoms with Crippen molar-refractivity contribution in [1.82, 2.24) is 15.1 Å². The number of nitrogens with one attached hydrogen (secondary N) is 1. The molecule has 2 aromatic rings. The molecule has 0 aliphatic heterocycles. The molecule has 0 spiro atoms. The lowest BCUT2D eigenvalue weighted by atomic mass is 10.0. The summed E-state index contributed by atoms with van der Waals surface area (Å²) >= 11 is 9.63. The van der Waals surface area contributed by atoms with E-state index < -0.39 is 0 Å². The summed E-state index contributed by atoms with van der Waals surface area (Å²) in [6, 6.07) is 8.24. The largest absolute Gasteiger partial charge is 0.310 e. The van der Waals surface area contributed by atoms with Gasteiger partial charge in [0.2, 0.25) is 0 Å². The number of hydrogen-bond acceptors (Lipinski definition) is 2. The van der Waals surface area contributed by atoms with Crippen LogP contribution in [0.5, 0.6) is 0 Å². The Morgan fingerprint density at radius 2 is 2.20 bits per heavy atom. The van der Waals surface area contributed by atoms with Gasteiger partial charge in [0.15, 0.2) is 0 Å². The van der Waals surface area contributed by atoms with Crippen molar-refractivity contribution in [2.45, 2.75) is 25.8 Å². The maximum absolute atomic E-state index is 6.02. The Balaban J connectivity index is 2.22. The first-order valence-electron chi connectivity index (χ1n) is 6.77. The number of nitrogens with zero attached hydrogens (tertiary/aromatic N) is 2.